The lowest BCUT2D eigenvalue weighted by atomic mass is 10.0. The Hall–Kier alpha value is -20.0. The fourth-order valence-corrected chi connectivity index (χ4v) is 21.8. The zero-order chi connectivity index (χ0) is 96.9. The van der Waals surface area contributed by atoms with E-state index in [-0.39, 0.29) is 0 Å². The lowest BCUT2D eigenvalue weighted by Gasteiger charge is -2.15. The van der Waals surface area contributed by atoms with Crippen LogP contribution in [0.15, 0.2) is 510 Å². The van der Waals surface area contributed by atoms with Gasteiger partial charge in [-0.2, -0.15) is 0 Å². The van der Waals surface area contributed by atoms with Crippen molar-refractivity contribution in [2.75, 3.05) is 0 Å². The number of fused-ring (bicyclic) bond motifs is 18. The van der Waals surface area contributed by atoms with Crippen LogP contribution in [0.3, 0.4) is 0 Å². The van der Waals surface area contributed by atoms with Crippen molar-refractivity contribution in [3.05, 3.63) is 510 Å². The summed E-state index contributed by atoms with van der Waals surface area (Å²) in [6.45, 7) is 0. The minimum absolute atomic E-state index is 0.641. The molecular weight excluding hydrogens is 1790 g/mol. The maximum atomic E-state index is 5.22. The smallest absolute Gasteiger partial charge is 0.164 e. The van der Waals surface area contributed by atoms with Crippen LogP contribution in [0.5, 0.6) is 0 Å². The number of para-hydroxylation sites is 3. The Balaban J connectivity index is 0.000000107. The molecule has 0 aliphatic rings. The Morgan fingerprint density at radius 3 is 0.592 bits per heavy atom. The molecule has 0 bridgehead atoms. The number of hydrogen-bond acceptors (Lipinski definition) is 9. The Morgan fingerprint density at radius 2 is 0.313 bits per heavy atom. The van der Waals surface area contributed by atoms with E-state index in [4.69, 9.17) is 44.9 Å². The van der Waals surface area contributed by atoms with Gasteiger partial charge in [-0.05, 0) is 172 Å². The van der Waals surface area contributed by atoms with Crippen LogP contribution in [0.1, 0.15) is 0 Å². The van der Waals surface area contributed by atoms with Crippen LogP contribution >= 0.6 is 0 Å². The molecule has 12 nitrogen and oxygen atoms in total. The number of hydrogen-bond donors (Lipinski definition) is 0. The Morgan fingerprint density at radius 1 is 0.109 bits per heavy atom. The van der Waals surface area contributed by atoms with Crippen LogP contribution in [0.25, 0.3) is 282 Å². The number of nitrogens with zero attached hydrogens (tertiary/aromatic N) is 12. The molecular formula is C135H84N12. The van der Waals surface area contributed by atoms with E-state index in [1.165, 1.54) is 114 Å². The van der Waals surface area contributed by atoms with Crippen molar-refractivity contribution in [1.29, 1.82) is 0 Å². The summed E-state index contributed by atoms with van der Waals surface area (Å²) in [5, 5.41) is 28.5. The molecule has 0 spiro atoms. The second kappa shape index (κ2) is 35.7. The van der Waals surface area contributed by atoms with Crippen molar-refractivity contribution in [2.24, 2.45) is 0 Å². The molecule has 6 heterocycles. The van der Waals surface area contributed by atoms with Crippen LogP contribution in [0.2, 0.25) is 0 Å². The first-order chi connectivity index (χ1) is 72.8. The molecule has 147 heavy (non-hydrogen) atoms. The van der Waals surface area contributed by atoms with Crippen molar-refractivity contribution >= 4 is 162 Å². The molecule has 0 fully saturated rings. The maximum absolute atomic E-state index is 5.22. The van der Waals surface area contributed by atoms with Crippen LogP contribution in [-0.4, -0.2) is 58.6 Å². The summed E-state index contributed by atoms with van der Waals surface area (Å²) in [5.74, 6) is 5.84. The molecule has 0 saturated heterocycles. The first-order valence-electron chi connectivity index (χ1n) is 49.6. The topological polar surface area (TPSA) is 131 Å². The van der Waals surface area contributed by atoms with E-state index in [2.05, 4.69) is 444 Å². The van der Waals surface area contributed by atoms with E-state index in [0.717, 1.165) is 116 Å². The molecule has 12 heteroatoms. The summed E-state index contributed by atoms with van der Waals surface area (Å²) in [5.41, 5.74) is 19.1. The van der Waals surface area contributed by atoms with E-state index >= 15 is 0 Å². The molecule has 0 saturated carbocycles. The SMILES string of the molecule is c1ccc(-c2nc(-c3ccc4ccccc4c3)nc(-c3cccc4c(-n5c6ccccc6c6cc7ccccc7cc65)cccc34)n2)cc1.c1ccc(-c2nc(-c3ccccc3)nc(-c3cccc4c(-n5c6ccccc6c6cc7ccccc7cc65)cccc34)n2)cc1.c1ccc2cc(-c3nc(-c4ccc5ccccc5c4)nc(-c4cccc5c(-n6c7ccccc7c7cc8ccccc8cc76)cccc45)n3)ccc2c1. The molecule has 0 unspecified atom stereocenters. The molecule has 0 radical (unpaired) electrons. The predicted molar refractivity (Wildman–Crippen MR) is 609 cm³/mol. The number of benzene rings is 24. The van der Waals surface area contributed by atoms with Gasteiger partial charge in [-0.15, -0.1) is 0 Å². The normalized spacial score (nSPS) is 11.7. The summed E-state index contributed by atoms with van der Waals surface area (Å²) < 4.78 is 7.23. The van der Waals surface area contributed by atoms with E-state index in [9.17, 15) is 0 Å². The molecule has 24 aromatic carbocycles. The summed E-state index contributed by atoms with van der Waals surface area (Å²) >= 11 is 0. The highest BCUT2D eigenvalue weighted by atomic mass is 15.1. The third-order valence-electron chi connectivity index (χ3n) is 28.8. The molecule has 6 aromatic heterocycles. The highest BCUT2D eigenvalue weighted by molar-refractivity contribution is 6.19. The zero-order valence-electron chi connectivity index (χ0n) is 79.4. The van der Waals surface area contributed by atoms with Gasteiger partial charge in [-0.1, -0.05) is 419 Å². The molecule has 684 valence electrons. The minimum Gasteiger partial charge on any atom is -0.309 e. The predicted octanol–water partition coefficient (Wildman–Crippen LogP) is 34.3. The van der Waals surface area contributed by atoms with Crippen molar-refractivity contribution in [3.8, 4) is 120 Å². The molecule has 0 atom stereocenters. The first-order valence-corrected chi connectivity index (χ1v) is 49.6. The second-order valence-corrected chi connectivity index (χ2v) is 37.4. The van der Waals surface area contributed by atoms with Crippen LogP contribution in [0.4, 0.5) is 0 Å². The Bertz CT molecular complexity index is 10400. The molecule has 0 aliphatic heterocycles. The fraction of sp³-hybridized carbons (Fsp3) is 0. The van der Waals surface area contributed by atoms with Gasteiger partial charge in [0.25, 0.3) is 0 Å². The van der Waals surface area contributed by atoms with Gasteiger partial charge in [-0.25, -0.2) is 44.9 Å². The maximum Gasteiger partial charge on any atom is 0.164 e. The molecule has 30 rings (SSSR count). The molecule has 30 aromatic rings. The summed E-state index contributed by atoms with van der Waals surface area (Å²) in [6, 6.07) is 180. The fourth-order valence-electron chi connectivity index (χ4n) is 21.8. The monoisotopic (exact) mass is 1870 g/mol. The standard InChI is InChI=1S/C49H30N4.C45H28N4.C41H26N4/c1-3-13-33-27-37(25-23-31(33)11-1)47-50-48(38-26-24-32-12-2-4-14-34(32)28-38)52-49(51-47)42-20-9-19-40-39(42)18-10-22-45(40)53-44-21-8-7-17-41(44)43-29-35-15-5-6-16-36(35)30-46(43)53;1-2-13-30(14-3-1)43-46-44(34-25-24-29-12-4-5-15-31(29)26-34)48-45(47-43)38-21-10-20-36-35(38)19-11-23-41(36)49-40-22-9-8-18-37(40)39-27-32-16-6-7-17-33(32)28-42(39)49;1-3-13-27(14-4-1)39-42-40(28-15-5-2-6-16-28)44-41(43-39)34-22-11-21-32-31(34)20-12-24-37(32)45-36-23-10-9-19-33(36)35-25-29-17-7-8-18-30(29)26-38(35)45/h1-30H;1-28H;1-26H. The Kier molecular flexibility index (Phi) is 20.6. The third-order valence-corrected chi connectivity index (χ3v) is 28.8. The zero-order valence-corrected chi connectivity index (χ0v) is 79.4. The highest BCUT2D eigenvalue weighted by Gasteiger charge is 2.26. The minimum atomic E-state index is 0.641. The number of rotatable bonds is 12. The van der Waals surface area contributed by atoms with Crippen molar-refractivity contribution in [1.82, 2.24) is 58.6 Å². The van der Waals surface area contributed by atoms with Crippen molar-refractivity contribution in [2.45, 2.75) is 0 Å². The van der Waals surface area contributed by atoms with E-state index in [1.807, 2.05) is 78.9 Å². The summed E-state index contributed by atoms with van der Waals surface area (Å²) in [4.78, 5) is 45.8. The van der Waals surface area contributed by atoms with Gasteiger partial charge < -0.3 is 13.7 Å². The van der Waals surface area contributed by atoms with Crippen molar-refractivity contribution in [3.63, 3.8) is 0 Å². The summed E-state index contributed by atoms with van der Waals surface area (Å²) in [6.07, 6.45) is 0. The molecule has 0 N–H and O–H groups in total. The van der Waals surface area contributed by atoms with Gasteiger partial charge in [0.1, 0.15) is 0 Å². The number of aromatic nitrogens is 12. The van der Waals surface area contributed by atoms with Crippen LogP contribution < -0.4 is 0 Å². The molecule has 0 aliphatic carbocycles. The largest absolute Gasteiger partial charge is 0.309 e. The second-order valence-electron chi connectivity index (χ2n) is 37.4. The van der Waals surface area contributed by atoms with Gasteiger partial charge in [0, 0.05) is 98.5 Å². The van der Waals surface area contributed by atoms with Gasteiger partial charge >= 0.3 is 0 Å². The van der Waals surface area contributed by atoms with E-state index < -0.39 is 0 Å². The van der Waals surface area contributed by atoms with E-state index in [0.29, 0.717) is 52.4 Å². The van der Waals surface area contributed by atoms with Crippen LogP contribution in [-0.2, 0) is 0 Å². The Labute approximate surface area is 844 Å². The van der Waals surface area contributed by atoms with Gasteiger partial charge in [-0.3, -0.25) is 0 Å². The molecule has 0 amide bonds. The lowest BCUT2D eigenvalue weighted by molar-refractivity contribution is 1.08. The van der Waals surface area contributed by atoms with E-state index in [1.54, 1.807) is 0 Å². The van der Waals surface area contributed by atoms with Crippen LogP contribution in [0, 0.1) is 0 Å². The summed E-state index contributed by atoms with van der Waals surface area (Å²) in [7, 11) is 0. The highest BCUT2D eigenvalue weighted by Crippen LogP contribution is 2.46. The van der Waals surface area contributed by atoms with Gasteiger partial charge in [0.15, 0.2) is 52.4 Å². The third kappa shape index (κ3) is 15.1. The van der Waals surface area contributed by atoms with Crippen molar-refractivity contribution < 1.29 is 0 Å². The lowest BCUT2D eigenvalue weighted by Crippen LogP contribution is -2.01. The quantitative estimate of drug-likeness (QED) is 0.117. The average Bonchev–Trinajstić information content (AvgIpc) is 1.45. The first kappa shape index (κ1) is 85.1. The van der Waals surface area contributed by atoms with Gasteiger partial charge in [0.2, 0.25) is 0 Å². The van der Waals surface area contributed by atoms with Gasteiger partial charge in [0.05, 0.1) is 50.2 Å². The average molecular weight is 1870 g/mol.